The molecule has 2 N–H and O–H groups in total. The molecule has 1 aliphatic rings. The van der Waals surface area contributed by atoms with Gasteiger partial charge in [0.1, 0.15) is 11.6 Å². The third-order valence-electron chi connectivity index (χ3n) is 5.93. The molecule has 3 aromatic rings. The Labute approximate surface area is 221 Å². The molecule has 1 aromatic heterocycles. The number of rotatable bonds is 7. The molecule has 0 unspecified atom stereocenters. The van der Waals surface area contributed by atoms with Gasteiger partial charge in [-0.05, 0) is 62.2 Å². The van der Waals surface area contributed by atoms with Crippen molar-refractivity contribution in [2.24, 2.45) is 0 Å². The number of aryl methyl sites for hydroxylation is 1. The predicted molar refractivity (Wildman–Crippen MR) is 143 cm³/mol. The van der Waals surface area contributed by atoms with Gasteiger partial charge in [-0.1, -0.05) is 19.1 Å². The maximum absolute atomic E-state index is 12.4. The SMILES string of the molecule is CCc1nc(-c2ccc(NC(=O)Nc3ccc(CC(C)=O)cc3)cc2)nc(N2CCOCC2)c1C.O=C=O. The largest absolute Gasteiger partial charge is 0.378 e. The lowest BCUT2D eigenvalue weighted by Crippen LogP contribution is -2.37. The Morgan fingerprint density at radius 2 is 1.50 bits per heavy atom. The van der Waals surface area contributed by atoms with Gasteiger partial charge in [-0.2, -0.15) is 9.59 Å². The Bertz CT molecular complexity index is 1280. The van der Waals surface area contributed by atoms with E-state index in [0.717, 1.165) is 47.7 Å². The molecule has 0 saturated carbocycles. The zero-order valence-corrected chi connectivity index (χ0v) is 21.7. The maximum Gasteiger partial charge on any atom is 0.373 e. The summed E-state index contributed by atoms with van der Waals surface area (Å²) in [6, 6.07) is 14.4. The van der Waals surface area contributed by atoms with Gasteiger partial charge in [0, 0.05) is 47.7 Å². The molecular formula is C28H31N5O5. The highest BCUT2D eigenvalue weighted by Gasteiger charge is 2.19. The fourth-order valence-electron chi connectivity index (χ4n) is 4.10. The standard InChI is InChI=1S/C27H31N5O3.CO2/c1-4-24-19(3)26(32-13-15-35-16-14-32)31-25(30-24)21-7-11-23(12-8-21)29-27(34)28-22-9-5-20(6-10-22)17-18(2)33;2-1-3/h5-12H,4,13-17H2,1-3H3,(H2,28,29,34);. The molecule has 2 aromatic carbocycles. The second kappa shape index (κ2) is 13.8. The van der Waals surface area contributed by atoms with Crippen molar-refractivity contribution in [3.63, 3.8) is 0 Å². The van der Waals surface area contributed by atoms with Crippen LogP contribution in [0.1, 0.15) is 30.7 Å². The molecule has 0 aliphatic carbocycles. The van der Waals surface area contributed by atoms with E-state index in [1.807, 2.05) is 36.4 Å². The van der Waals surface area contributed by atoms with Crippen LogP contribution < -0.4 is 15.5 Å². The van der Waals surface area contributed by atoms with Crippen LogP contribution in [0.3, 0.4) is 0 Å². The summed E-state index contributed by atoms with van der Waals surface area (Å²) in [6.45, 7) is 8.77. The Kier molecular flexibility index (Phi) is 10.2. The molecule has 1 aliphatic heterocycles. The van der Waals surface area contributed by atoms with Crippen molar-refractivity contribution >= 4 is 35.2 Å². The molecule has 0 bridgehead atoms. The van der Waals surface area contributed by atoms with Crippen LogP contribution in [0.5, 0.6) is 0 Å². The summed E-state index contributed by atoms with van der Waals surface area (Å²) in [5.41, 5.74) is 5.27. The summed E-state index contributed by atoms with van der Waals surface area (Å²) in [7, 11) is 0. The van der Waals surface area contributed by atoms with Crippen molar-refractivity contribution in [2.75, 3.05) is 41.8 Å². The number of anilines is 3. The highest BCUT2D eigenvalue weighted by Crippen LogP contribution is 2.26. The van der Waals surface area contributed by atoms with Crippen LogP contribution in [0, 0.1) is 6.92 Å². The number of benzene rings is 2. The minimum absolute atomic E-state index is 0.103. The summed E-state index contributed by atoms with van der Waals surface area (Å²) in [4.78, 5) is 51.9. The molecule has 0 atom stereocenters. The van der Waals surface area contributed by atoms with E-state index in [2.05, 4.69) is 29.4 Å². The minimum Gasteiger partial charge on any atom is -0.378 e. The first kappa shape index (κ1) is 28.2. The topological polar surface area (TPSA) is 131 Å². The number of ketones is 1. The molecular weight excluding hydrogens is 486 g/mol. The number of morpholine rings is 1. The van der Waals surface area contributed by atoms with Crippen LogP contribution in [-0.4, -0.2) is 54.2 Å². The molecule has 2 amide bonds. The molecule has 10 heteroatoms. The number of ether oxygens (including phenoxy) is 1. The lowest BCUT2D eigenvalue weighted by molar-refractivity contribution is -0.191. The number of carbonyl (C=O) groups is 2. The zero-order valence-electron chi connectivity index (χ0n) is 21.7. The van der Waals surface area contributed by atoms with Crippen LogP contribution in [0.2, 0.25) is 0 Å². The van der Waals surface area contributed by atoms with Crippen molar-refractivity contribution in [1.82, 2.24) is 9.97 Å². The van der Waals surface area contributed by atoms with Crippen LogP contribution in [0.4, 0.5) is 22.0 Å². The highest BCUT2D eigenvalue weighted by atomic mass is 16.5. The normalized spacial score (nSPS) is 12.6. The predicted octanol–water partition coefficient (Wildman–Crippen LogP) is 4.04. The Hall–Kier alpha value is -4.40. The molecule has 4 rings (SSSR count). The van der Waals surface area contributed by atoms with E-state index in [9.17, 15) is 9.59 Å². The van der Waals surface area contributed by atoms with Gasteiger partial charge in [0.05, 0.1) is 13.2 Å². The summed E-state index contributed by atoms with van der Waals surface area (Å²) in [5.74, 6) is 1.74. The third-order valence-corrected chi connectivity index (χ3v) is 5.93. The van der Waals surface area contributed by atoms with Gasteiger partial charge < -0.3 is 20.3 Å². The van der Waals surface area contributed by atoms with Crippen LogP contribution in [-0.2, 0) is 32.0 Å². The summed E-state index contributed by atoms with van der Waals surface area (Å²) < 4.78 is 5.50. The number of nitrogens with one attached hydrogen (secondary N) is 2. The Balaban J connectivity index is 0.00000127. The number of hydrogen-bond donors (Lipinski definition) is 2. The first-order chi connectivity index (χ1) is 18.3. The molecule has 0 radical (unpaired) electrons. The summed E-state index contributed by atoms with van der Waals surface area (Å²) >= 11 is 0. The number of aromatic nitrogens is 2. The fraction of sp³-hybridized carbons (Fsp3) is 0.321. The van der Waals surface area contributed by atoms with Crippen molar-refractivity contribution in [3.05, 3.63) is 65.4 Å². The number of amides is 2. The molecule has 1 fully saturated rings. The number of hydrogen-bond acceptors (Lipinski definition) is 8. The molecule has 38 heavy (non-hydrogen) atoms. The molecule has 10 nitrogen and oxygen atoms in total. The average Bonchev–Trinajstić information content (AvgIpc) is 2.91. The lowest BCUT2D eigenvalue weighted by atomic mass is 10.1. The minimum atomic E-state index is -0.341. The number of Topliss-reactive ketones (excluding diaryl/α,β-unsaturated/α-hetero) is 1. The number of urea groups is 1. The first-order valence-electron chi connectivity index (χ1n) is 12.3. The first-order valence-corrected chi connectivity index (χ1v) is 12.3. The van der Waals surface area contributed by atoms with Crippen LogP contribution in [0.15, 0.2) is 48.5 Å². The van der Waals surface area contributed by atoms with Gasteiger partial charge in [0.2, 0.25) is 0 Å². The van der Waals surface area contributed by atoms with E-state index in [1.54, 1.807) is 19.1 Å². The van der Waals surface area contributed by atoms with Gasteiger partial charge in [0.15, 0.2) is 5.82 Å². The smallest absolute Gasteiger partial charge is 0.373 e. The summed E-state index contributed by atoms with van der Waals surface area (Å²) in [6.07, 6.45) is 1.46. The quantitative estimate of drug-likeness (QED) is 0.480. The van der Waals surface area contributed by atoms with Gasteiger partial charge in [-0.15, -0.1) is 0 Å². The lowest BCUT2D eigenvalue weighted by Gasteiger charge is -2.29. The van der Waals surface area contributed by atoms with Gasteiger partial charge in [0.25, 0.3) is 0 Å². The third kappa shape index (κ3) is 7.80. The second-order valence-electron chi connectivity index (χ2n) is 8.71. The van der Waals surface area contributed by atoms with E-state index < -0.39 is 0 Å². The highest BCUT2D eigenvalue weighted by molar-refractivity contribution is 5.99. The fourth-order valence-corrected chi connectivity index (χ4v) is 4.10. The number of carbonyl (C=O) groups excluding carboxylic acids is 4. The van der Waals surface area contributed by atoms with Gasteiger partial charge >= 0.3 is 12.2 Å². The molecule has 0 spiro atoms. The van der Waals surface area contributed by atoms with E-state index in [4.69, 9.17) is 24.3 Å². The van der Waals surface area contributed by atoms with Crippen molar-refractivity contribution in [2.45, 2.75) is 33.6 Å². The van der Waals surface area contributed by atoms with E-state index in [1.165, 1.54) is 0 Å². The van der Waals surface area contributed by atoms with E-state index in [0.29, 0.717) is 36.8 Å². The Morgan fingerprint density at radius 3 is 2.03 bits per heavy atom. The summed E-state index contributed by atoms with van der Waals surface area (Å²) in [5, 5.41) is 5.65. The van der Waals surface area contributed by atoms with Gasteiger partial charge in [-0.3, -0.25) is 4.79 Å². The average molecular weight is 518 g/mol. The maximum atomic E-state index is 12.4. The number of nitrogens with zero attached hydrogens (tertiary/aromatic N) is 3. The monoisotopic (exact) mass is 517 g/mol. The van der Waals surface area contributed by atoms with Gasteiger partial charge in [-0.25, -0.2) is 14.8 Å². The molecule has 1 saturated heterocycles. The second-order valence-corrected chi connectivity index (χ2v) is 8.71. The van der Waals surface area contributed by atoms with Crippen molar-refractivity contribution in [1.29, 1.82) is 0 Å². The van der Waals surface area contributed by atoms with E-state index in [-0.39, 0.29) is 18.0 Å². The van der Waals surface area contributed by atoms with Crippen LogP contribution >= 0.6 is 0 Å². The van der Waals surface area contributed by atoms with Crippen molar-refractivity contribution in [3.8, 4) is 11.4 Å². The zero-order chi connectivity index (χ0) is 27.5. The molecule has 2 heterocycles. The van der Waals surface area contributed by atoms with Crippen LogP contribution in [0.25, 0.3) is 11.4 Å². The Morgan fingerprint density at radius 1 is 0.947 bits per heavy atom. The molecule has 198 valence electrons. The van der Waals surface area contributed by atoms with Crippen molar-refractivity contribution < 1.29 is 23.9 Å². The van der Waals surface area contributed by atoms with E-state index >= 15 is 0 Å².